The van der Waals surface area contributed by atoms with Crippen molar-refractivity contribution >= 4 is 39.5 Å². The first-order chi connectivity index (χ1) is 19.0. The maximum atomic E-state index is 13.7. The van der Waals surface area contributed by atoms with Crippen LogP contribution in [-0.2, 0) is 24.8 Å². The van der Waals surface area contributed by atoms with Crippen molar-refractivity contribution in [1.29, 1.82) is 0 Å². The summed E-state index contributed by atoms with van der Waals surface area (Å²) in [5, 5.41) is -0.242. The molecule has 2 aromatic carbocycles. The smallest absolute Gasteiger partial charge is 0.204 e. The Labute approximate surface area is 246 Å². The second kappa shape index (κ2) is 14.0. The summed E-state index contributed by atoms with van der Waals surface area (Å²) < 4.78 is 23.1. The Morgan fingerprint density at radius 1 is 0.850 bits per heavy atom. The Morgan fingerprint density at radius 3 is 1.88 bits per heavy atom. The predicted molar refractivity (Wildman–Crippen MR) is 160 cm³/mol. The lowest BCUT2D eigenvalue weighted by Crippen LogP contribution is -2.47. The van der Waals surface area contributed by atoms with Gasteiger partial charge in [0, 0.05) is 28.4 Å². The molecule has 0 amide bonds. The van der Waals surface area contributed by atoms with Crippen molar-refractivity contribution in [1.82, 2.24) is 0 Å². The lowest BCUT2D eigenvalue weighted by molar-refractivity contribution is -0.295. The molecule has 0 bridgehead atoms. The van der Waals surface area contributed by atoms with Gasteiger partial charge in [0.05, 0.1) is 38.9 Å². The van der Waals surface area contributed by atoms with Crippen molar-refractivity contribution in [2.45, 2.75) is 52.7 Å². The lowest BCUT2D eigenvalue weighted by Gasteiger charge is -2.44. The highest BCUT2D eigenvalue weighted by Crippen LogP contribution is 2.43. The van der Waals surface area contributed by atoms with Gasteiger partial charge in [0.1, 0.15) is 11.5 Å². The molecule has 2 aromatic rings. The van der Waals surface area contributed by atoms with E-state index >= 15 is 0 Å². The van der Waals surface area contributed by atoms with Crippen LogP contribution in [0.4, 0.5) is 0 Å². The van der Waals surface area contributed by atoms with Crippen molar-refractivity contribution in [2.24, 2.45) is 10.8 Å². The number of thioether (sulfide) groups is 2. The van der Waals surface area contributed by atoms with Crippen molar-refractivity contribution in [2.75, 3.05) is 38.9 Å². The summed E-state index contributed by atoms with van der Waals surface area (Å²) >= 11 is 2.12. The Morgan fingerprint density at radius 2 is 1.38 bits per heavy atom. The van der Waals surface area contributed by atoms with Crippen LogP contribution in [0.5, 0.6) is 11.5 Å². The summed E-state index contributed by atoms with van der Waals surface area (Å²) in [5.41, 5.74) is 0.344. The zero-order valence-electron chi connectivity index (χ0n) is 24.2. The largest absolute Gasteiger partial charge is 0.497 e. The molecule has 1 fully saturated rings. The van der Waals surface area contributed by atoms with Gasteiger partial charge in [0.2, 0.25) is 5.79 Å². The number of rotatable bonds is 13. The van der Waals surface area contributed by atoms with Gasteiger partial charge in [-0.25, -0.2) is 0 Å². The van der Waals surface area contributed by atoms with Crippen LogP contribution < -0.4 is 9.47 Å². The van der Waals surface area contributed by atoms with Gasteiger partial charge in [-0.05, 0) is 61.4 Å². The molecule has 1 aliphatic rings. The fraction of sp³-hybridized carbons (Fsp3) is 0.516. The van der Waals surface area contributed by atoms with Crippen LogP contribution in [0.2, 0.25) is 0 Å². The number of hydrogen-bond donors (Lipinski definition) is 0. The van der Waals surface area contributed by atoms with Crippen molar-refractivity contribution in [3.05, 3.63) is 59.7 Å². The van der Waals surface area contributed by atoms with Gasteiger partial charge in [-0.1, -0.05) is 51.2 Å². The van der Waals surface area contributed by atoms with Gasteiger partial charge < -0.3 is 18.9 Å². The van der Waals surface area contributed by atoms with Crippen molar-refractivity contribution in [3.8, 4) is 11.5 Å². The van der Waals surface area contributed by atoms with Crippen LogP contribution in [-0.4, -0.2) is 55.0 Å². The average Bonchev–Trinajstić information content (AvgIpc) is 2.98. The second-order valence-electron chi connectivity index (χ2n) is 10.8. The standard InChI is InChI=1S/C31H40O7S2/c1-7-30(8-2,17-27(33)39-18-26(32)22-9-13-24(35-5)14-10-22)28(34)40-21-31(37-19-29(3,4)20-38-31)23-11-15-25(36-6)16-12-23/h9-16H,7-8,17-21H2,1-6H3. The van der Waals surface area contributed by atoms with Crippen LogP contribution in [0.25, 0.3) is 0 Å². The van der Waals surface area contributed by atoms with E-state index in [2.05, 4.69) is 13.8 Å². The molecule has 3 rings (SSSR count). The van der Waals surface area contributed by atoms with Crippen LogP contribution in [0, 0.1) is 10.8 Å². The minimum Gasteiger partial charge on any atom is -0.497 e. The van der Waals surface area contributed by atoms with Gasteiger partial charge in [-0.3, -0.25) is 14.4 Å². The third-order valence-corrected chi connectivity index (χ3v) is 9.45. The first kappa shape index (κ1) is 32.2. The van der Waals surface area contributed by atoms with Crippen LogP contribution in [0.3, 0.4) is 0 Å². The lowest BCUT2D eigenvalue weighted by atomic mass is 9.81. The molecule has 0 unspecified atom stereocenters. The minimum atomic E-state index is -1.08. The van der Waals surface area contributed by atoms with E-state index in [1.165, 1.54) is 0 Å². The minimum absolute atomic E-state index is 0.0219. The number of hydrogen-bond acceptors (Lipinski definition) is 9. The number of Topliss-reactive ketones (excluding diaryl/α,β-unsaturated/α-hetero) is 1. The van der Waals surface area contributed by atoms with Crippen LogP contribution >= 0.6 is 23.5 Å². The molecule has 0 aliphatic carbocycles. The Hall–Kier alpha value is -2.33. The number of ketones is 1. The molecule has 1 heterocycles. The van der Waals surface area contributed by atoms with Crippen molar-refractivity contribution < 1.29 is 33.3 Å². The number of methoxy groups -OCH3 is 2. The Balaban J connectivity index is 1.67. The van der Waals surface area contributed by atoms with Gasteiger partial charge in [-0.2, -0.15) is 0 Å². The van der Waals surface area contributed by atoms with Gasteiger partial charge >= 0.3 is 0 Å². The summed E-state index contributed by atoms with van der Waals surface area (Å²) in [5.74, 6) is 0.432. The SMILES string of the molecule is CCC(CC)(CC(=O)SCC(=O)c1ccc(OC)cc1)C(=O)SCC1(c2ccc(OC)cc2)OCC(C)(C)CO1. The fourth-order valence-electron chi connectivity index (χ4n) is 4.39. The molecule has 9 heteroatoms. The predicted octanol–water partition coefficient (Wildman–Crippen LogP) is 6.53. The molecular formula is C31H40O7S2. The molecule has 0 spiro atoms. The van der Waals surface area contributed by atoms with Crippen molar-refractivity contribution in [3.63, 3.8) is 0 Å². The van der Waals surface area contributed by atoms with Gasteiger partial charge in [0.15, 0.2) is 16.0 Å². The number of benzene rings is 2. The highest BCUT2D eigenvalue weighted by atomic mass is 32.2. The first-order valence-electron chi connectivity index (χ1n) is 13.4. The third kappa shape index (κ3) is 7.90. The zero-order chi connectivity index (χ0) is 29.4. The van der Waals surface area contributed by atoms with E-state index in [0.717, 1.165) is 34.8 Å². The topological polar surface area (TPSA) is 88.1 Å². The average molecular weight is 589 g/mol. The molecule has 0 saturated carbocycles. The quantitative estimate of drug-likeness (QED) is 0.242. The van der Waals surface area contributed by atoms with E-state index in [0.29, 0.717) is 37.4 Å². The summed E-state index contributed by atoms with van der Waals surface area (Å²) in [6.45, 7) is 8.97. The maximum Gasteiger partial charge on any atom is 0.204 e. The Kier molecular flexibility index (Phi) is 11.3. The highest BCUT2D eigenvalue weighted by Gasteiger charge is 2.45. The van der Waals surface area contributed by atoms with E-state index in [9.17, 15) is 14.4 Å². The molecule has 0 N–H and O–H groups in total. The van der Waals surface area contributed by atoms with E-state index in [1.54, 1.807) is 38.5 Å². The molecule has 218 valence electrons. The molecular weight excluding hydrogens is 548 g/mol. The van der Waals surface area contributed by atoms with E-state index in [4.69, 9.17) is 18.9 Å². The summed E-state index contributed by atoms with van der Waals surface area (Å²) in [4.78, 5) is 39.3. The molecule has 1 aliphatic heterocycles. The summed E-state index contributed by atoms with van der Waals surface area (Å²) in [6, 6.07) is 14.3. The fourth-order valence-corrected chi connectivity index (χ4v) is 6.55. The van der Waals surface area contributed by atoms with E-state index < -0.39 is 11.2 Å². The monoisotopic (exact) mass is 588 g/mol. The van der Waals surface area contributed by atoms with Gasteiger partial charge in [0.25, 0.3) is 0 Å². The molecule has 0 atom stereocenters. The highest BCUT2D eigenvalue weighted by molar-refractivity contribution is 8.14. The second-order valence-corrected chi connectivity index (χ2v) is 12.8. The molecule has 0 aromatic heterocycles. The Bertz CT molecular complexity index is 1150. The van der Waals surface area contributed by atoms with E-state index in [-0.39, 0.29) is 39.4 Å². The zero-order valence-corrected chi connectivity index (χ0v) is 25.9. The number of carbonyl (C=O) groups excluding carboxylic acids is 3. The normalized spacial score (nSPS) is 16.2. The molecule has 1 saturated heterocycles. The third-order valence-electron chi connectivity index (χ3n) is 7.36. The molecule has 40 heavy (non-hydrogen) atoms. The van der Waals surface area contributed by atoms with Crippen LogP contribution in [0.1, 0.15) is 62.9 Å². The summed E-state index contributed by atoms with van der Waals surface area (Å²) in [7, 11) is 3.17. The number of carbonyl (C=O) groups is 3. The maximum absolute atomic E-state index is 13.7. The van der Waals surface area contributed by atoms with Gasteiger partial charge in [-0.15, -0.1) is 0 Å². The summed E-state index contributed by atoms with van der Waals surface area (Å²) in [6.07, 6.45) is 1.09. The van der Waals surface area contributed by atoms with E-state index in [1.807, 2.05) is 38.1 Å². The van der Waals surface area contributed by atoms with Crippen LogP contribution in [0.15, 0.2) is 48.5 Å². The number of ether oxygens (including phenoxy) is 4. The first-order valence-corrected chi connectivity index (χ1v) is 15.4. The molecule has 0 radical (unpaired) electrons. The molecule has 7 nitrogen and oxygen atoms in total.